The van der Waals surface area contributed by atoms with Gasteiger partial charge in [0.05, 0.1) is 0 Å². The molecule has 0 spiro atoms. The average molecular weight is 412 g/mol. The summed E-state index contributed by atoms with van der Waals surface area (Å²) >= 11 is 0. The Bertz CT molecular complexity index is 768. The van der Waals surface area contributed by atoms with E-state index in [1.807, 2.05) is 12.1 Å². The van der Waals surface area contributed by atoms with Crippen LogP contribution in [-0.2, 0) is 6.42 Å². The van der Waals surface area contributed by atoms with Gasteiger partial charge in [-0.15, -0.1) is 0 Å². The number of piperidine rings is 1. The molecule has 164 valence electrons. The number of carbonyl (C=O) groups excluding carboxylic acids is 1. The Morgan fingerprint density at radius 3 is 2.47 bits per heavy atom. The third-order valence-electron chi connectivity index (χ3n) is 7.93. The molecule has 4 aliphatic rings. The van der Waals surface area contributed by atoms with Crippen molar-refractivity contribution < 1.29 is 9.53 Å². The summed E-state index contributed by atoms with van der Waals surface area (Å²) in [4.78, 5) is 20.5. The second-order valence-corrected chi connectivity index (χ2v) is 10.0. The maximum atomic E-state index is 13.2. The monoisotopic (exact) mass is 411 g/mol. The minimum atomic E-state index is 0.230. The number of likely N-dealkylation sites (tertiary alicyclic amines) is 2. The van der Waals surface area contributed by atoms with Crippen LogP contribution in [0.25, 0.3) is 0 Å². The molecular weight excluding hydrogens is 374 g/mol. The zero-order valence-corrected chi connectivity index (χ0v) is 18.7. The molecule has 5 rings (SSSR count). The summed E-state index contributed by atoms with van der Waals surface area (Å²) in [6.07, 6.45) is 8.62. The Balaban J connectivity index is 1.20. The first kappa shape index (κ1) is 20.3. The predicted octanol–water partition coefficient (Wildman–Crippen LogP) is 3.56. The number of hydrogen-bond donors (Lipinski definition) is 0. The van der Waals surface area contributed by atoms with Crippen molar-refractivity contribution in [1.82, 2.24) is 14.7 Å². The van der Waals surface area contributed by atoms with E-state index in [4.69, 9.17) is 4.74 Å². The fourth-order valence-corrected chi connectivity index (χ4v) is 5.71. The molecule has 3 heterocycles. The quantitative estimate of drug-likeness (QED) is 0.742. The molecule has 1 amide bonds. The van der Waals surface area contributed by atoms with Crippen LogP contribution in [0.15, 0.2) is 18.2 Å². The first-order valence-electron chi connectivity index (χ1n) is 12.2. The molecule has 0 N–H and O–H groups in total. The highest BCUT2D eigenvalue weighted by Gasteiger charge is 2.37. The first-order valence-corrected chi connectivity index (χ1v) is 12.2. The lowest BCUT2D eigenvalue weighted by molar-refractivity contribution is 0.0646. The van der Waals surface area contributed by atoms with Gasteiger partial charge in [-0.25, -0.2) is 0 Å². The van der Waals surface area contributed by atoms with Gasteiger partial charge in [-0.3, -0.25) is 9.69 Å². The molecule has 1 unspecified atom stereocenters. The molecule has 2 saturated heterocycles. The van der Waals surface area contributed by atoms with Crippen LogP contribution in [0, 0.1) is 0 Å². The number of carbonyl (C=O) groups is 1. The van der Waals surface area contributed by atoms with E-state index >= 15 is 0 Å². The molecule has 5 heteroatoms. The SMILES string of the molecule is CC(C)N1CCC(Oc2ccc3c(c2)CCN(C2CCN(C4CCC4)C2)C3=O)CC1. The highest BCUT2D eigenvalue weighted by atomic mass is 16.5. The standard InChI is InChI=1S/C25H37N3O2/c1-18(2)26-13-10-22(11-14-26)30-23-6-7-24-19(16-23)8-15-28(25(24)29)21-9-12-27(17-21)20-4-3-5-20/h6-7,16,18,20-22H,3-5,8-15,17H2,1-2H3. The summed E-state index contributed by atoms with van der Waals surface area (Å²) in [5.41, 5.74) is 2.06. The van der Waals surface area contributed by atoms with Crippen LogP contribution in [-0.4, -0.2) is 77.6 Å². The molecule has 0 bridgehead atoms. The van der Waals surface area contributed by atoms with Gasteiger partial charge in [0.25, 0.3) is 5.91 Å². The van der Waals surface area contributed by atoms with Crippen molar-refractivity contribution in [2.24, 2.45) is 0 Å². The van der Waals surface area contributed by atoms with Gasteiger partial charge in [0.15, 0.2) is 0 Å². The first-order chi connectivity index (χ1) is 14.6. The predicted molar refractivity (Wildman–Crippen MR) is 119 cm³/mol. The van der Waals surface area contributed by atoms with Gasteiger partial charge in [-0.2, -0.15) is 0 Å². The maximum absolute atomic E-state index is 13.2. The van der Waals surface area contributed by atoms with Gasteiger partial charge in [-0.1, -0.05) is 6.42 Å². The molecule has 1 aromatic carbocycles. The number of benzene rings is 1. The second kappa shape index (κ2) is 8.51. The number of fused-ring (bicyclic) bond motifs is 1. The smallest absolute Gasteiger partial charge is 0.254 e. The van der Waals surface area contributed by atoms with Crippen LogP contribution in [0.4, 0.5) is 0 Å². The Labute approximate surface area is 181 Å². The Hall–Kier alpha value is -1.59. The van der Waals surface area contributed by atoms with Crippen molar-refractivity contribution in [2.45, 2.75) is 83.0 Å². The number of hydrogen-bond acceptors (Lipinski definition) is 4. The Morgan fingerprint density at radius 2 is 1.77 bits per heavy atom. The number of rotatable bonds is 5. The zero-order valence-electron chi connectivity index (χ0n) is 18.7. The molecule has 1 aliphatic carbocycles. The van der Waals surface area contributed by atoms with E-state index in [2.05, 4.69) is 34.6 Å². The van der Waals surface area contributed by atoms with Gasteiger partial charge in [0, 0.05) is 56.4 Å². The van der Waals surface area contributed by atoms with Crippen molar-refractivity contribution >= 4 is 5.91 Å². The van der Waals surface area contributed by atoms with Crippen molar-refractivity contribution in [1.29, 1.82) is 0 Å². The summed E-state index contributed by atoms with van der Waals surface area (Å²) < 4.78 is 6.31. The average Bonchev–Trinajstić information content (AvgIpc) is 3.16. The van der Waals surface area contributed by atoms with Crippen molar-refractivity contribution in [3.63, 3.8) is 0 Å². The van der Waals surface area contributed by atoms with Gasteiger partial charge in [0.1, 0.15) is 11.9 Å². The fraction of sp³-hybridized carbons (Fsp3) is 0.720. The number of ether oxygens (including phenoxy) is 1. The maximum Gasteiger partial charge on any atom is 0.254 e. The minimum Gasteiger partial charge on any atom is -0.490 e. The Kier molecular flexibility index (Phi) is 5.76. The lowest BCUT2D eigenvalue weighted by Crippen LogP contribution is -2.47. The summed E-state index contributed by atoms with van der Waals surface area (Å²) in [5, 5.41) is 0. The van der Waals surface area contributed by atoms with Crippen molar-refractivity contribution in [2.75, 3.05) is 32.7 Å². The van der Waals surface area contributed by atoms with Gasteiger partial charge in [0.2, 0.25) is 0 Å². The number of amides is 1. The van der Waals surface area contributed by atoms with Crippen molar-refractivity contribution in [3.8, 4) is 5.75 Å². The molecule has 0 radical (unpaired) electrons. The second-order valence-electron chi connectivity index (χ2n) is 10.0. The zero-order chi connectivity index (χ0) is 20.7. The lowest BCUT2D eigenvalue weighted by atomic mass is 9.92. The summed E-state index contributed by atoms with van der Waals surface area (Å²) in [6.45, 7) is 9.84. The largest absolute Gasteiger partial charge is 0.490 e. The van der Waals surface area contributed by atoms with E-state index < -0.39 is 0 Å². The third kappa shape index (κ3) is 3.99. The molecule has 30 heavy (non-hydrogen) atoms. The molecule has 1 atom stereocenters. The topological polar surface area (TPSA) is 36.0 Å². The highest BCUT2D eigenvalue weighted by molar-refractivity contribution is 5.97. The lowest BCUT2D eigenvalue weighted by Gasteiger charge is -2.37. The molecule has 3 fully saturated rings. The third-order valence-corrected chi connectivity index (χ3v) is 7.93. The Morgan fingerprint density at radius 1 is 0.967 bits per heavy atom. The molecule has 3 aliphatic heterocycles. The molecule has 1 saturated carbocycles. The summed E-state index contributed by atoms with van der Waals surface area (Å²) in [6, 6.07) is 7.96. The van der Waals surface area contributed by atoms with E-state index in [1.54, 1.807) is 0 Å². The van der Waals surface area contributed by atoms with E-state index in [-0.39, 0.29) is 5.91 Å². The summed E-state index contributed by atoms with van der Waals surface area (Å²) in [7, 11) is 0. The molecule has 1 aromatic rings. The van der Waals surface area contributed by atoms with Crippen LogP contribution < -0.4 is 4.74 Å². The van der Waals surface area contributed by atoms with E-state index in [0.717, 1.165) is 75.8 Å². The highest BCUT2D eigenvalue weighted by Crippen LogP contribution is 2.32. The van der Waals surface area contributed by atoms with E-state index in [9.17, 15) is 4.79 Å². The van der Waals surface area contributed by atoms with Crippen LogP contribution in [0.5, 0.6) is 5.75 Å². The van der Waals surface area contributed by atoms with Crippen LogP contribution in [0.2, 0.25) is 0 Å². The van der Waals surface area contributed by atoms with Crippen molar-refractivity contribution in [3.05, 3.63) is 29.3 Å². The van der Waals surface area contributed by atoms with Gasteiger partial charge < -0.3 is 14.5 Å². The van der Waals surface area contributed by atoms with Gasteiger partial charge >= 0.3 is 0 Å². The number of nitrogens with zero attached hydrogens (tertiary/aromatic N) is 3. The molecular formula is C25H37N3O2. The summed E-state index contributed by atoms with van der Waals surface area (Å²) in [5.74, 6) is 1.17. The minimum absolute atomic E-state index is 0.230. The molecule has 0 aromatic heterocycles. The fourth-order valence-electron chi connectivity index (χ4n) is 5.71. The van der Waals surface area contributed by atoms with E-state index in [1.165, 1.54) is 24.8 Å². The van der Waals surface area contributed by atoms with Crippen LogP contribution in [0.1, 0.15) is 68.3 Å². The molecule has 5 nitrogen and oxygen atoms in total. The van der Waals surface area contributed by atoms with E-state index in [0.29, 0.717) is 18.2 Å². The van der Waals surface area contributed by atoms with Crippen LogP contribution in [0.3, 0.4) is 0 Å². The van der Waals surface area contributed by atoms with Gasteiger partial charge in [-0.05, 0) is 76.1 Å². The van der Waals surface area contributed by atoms with Crippen LogP contribution >= 0.6 is 0 Å². The normalized spacial score (nSPS) is 26.8.